The number of aromatic amines is 1. The maximum absolute atomic E-state index is 13.1. The van der Waals surface area contributed by atoms with Gasteiger partial charge in [0.2, 0.25) is 17.7 Å². The van der Waals surface area contributed by atoms with Crippen molar-refractivity contribution in [2.45, 2.75) is 63.2 Å². The summed E-state index contributed by atoms with van der Waals surface area (Å²) in [5.41, 5.74) is 8.17. The van der Waals surface area contributed by atoms with E-state index >= 15 is 0 Å². The number of carbonyl (C=O) groups excluding carboxylic acids is 3. The smallest absolute Gasteiger partial charge is 0.326 e. The van der Waals surface area contributed by atoms with Gasteiger partial charge in [-0.15, -0.1) is 0 Å². The van der Waals surface area contributed by atoms with Gasteiger partial charge in [0.05, 0.1) is 6.04 Å². The van der Waals surface area contributed by atoms with Crippen LogP contribution in [0.3, 0.4) is 0 Å². The minimum Gasteiger partial charge on any atom is -0.480 e. The summed E-state index contributed by atoms with van der Waals surface area (Å²) in [5.74, 6) is -2.18. The molecule has 182 valence electrons. The summed E-state index contributed by atoms with van der Waals surface area (Å²) in [7, 11) is 0. The molecule has 3 amide bonds. The van der Waals surface area contributed by atoms with Gasteiger partial charge in [0.1, 0.15) is 18.1 Å². The van der Waals surface area contributed by atoms with E-state index < -0.39 is 42.0 Å². The van der Waals surface area contributed by atoms with E-state index in [1.54, 1.807) is 6.92 Å². The molecule has 5 N–H and O–H groups in total. The molecule has 4 atom stereocenters. The number of carboxylic acid groups (broad SMARTS) is 1. The van der Waals surface area contributed by atoms with Gasteiger partial charge in [-0.05, 0) is 50.7 Å². The number of amides is 3. The van der Waals surface area contributed by atoms with Crippen LogP contribution in [0.5, 0.6) is 0 Å². The molecule has 2 aromatic rings. The fourth-order valence-electron chi connectivity index (χ4n) is 5.05. The predicted molar refractivity (Wildman–Crippen MR) is 125 cm³/mol. The Morgan fingerprint density at radius 3 is 2.44 bits per heavy atom. The van der Waals surface area contributed by atoms with Crippen LogP contribution >= 0.6 is 0 Å². The zero-order valence-electron chi connectivity index (χ0n) is 19.2. The van der Waals surface area contributed by atoms with Gasteiger partial charge in [-0.2, -0.15) is 0 Å². The lowest BCUT2D eigenvalue weighted by Crippen LogP contribution is -2.56. The number of fused-ring (bicyclic) bond motifs is 1. The Morgan fingerprint density at radius 2 is 1.74 bits per heavy atom. The molecule has 2 fully saturated rings. The van der Waals surface area contributed by atoms with Gasteiger partial charge in [0.25, 0.3) is 0 Å². The number of nitrogens with two attached hydrogens (primary N) is 1. The van der Waals surface area contributed by atoms with Crippen molar-refractivity contribution in [1.82, 2.24) is 20.1 Å². The number of likely N-dealkylation sites (tertiary alicyclic amines) is 2. The van der Waals surface area contributed by atoms with Crippen molar-refractivity contribution in [2.24, 2.45) is 5.73 Å². The molecule has 1 aromatic carbocycles. The zero-order valence-corrected chi connectivity index (χ0v) is 19.2. The summed E-state index contributed by atoms with van der Waals surface area (Å²) in [4.78, 5) is 56.3. The number of rotatable bonds is 7. The number of hydrogen-bond acceptors (Lipinski definition) is 5. The molecular weight excluding hydrogens is 438 g/mol. The number of aliphatic carboxylic acids is 1. The van der Waals surface area contributed by atoms with Crippen LogP contribution in [0.15, 0.2) is 30.5 Å². The van der Waals surface area contributed by atoms with E-state index in [2.05, 4.69) is 10.3 Å². The summed E-state index contributed by atoms with van der Waals surface area (Å²) < 4.78 is 0. The number of carboxylic acids is 1. The van der Waals surface area contributed by atoms with Gasteiger partial charge in [0.15, 0.2) is 0 Å². The molecule has 34 heavy (non-hydrogen) atoms. The third-order valence-electron chi connectivity index (χ3n) is 6.82. The Labute approximate surface area is 197 Å². The summed E-state index contributed by atoms with van der Waals surface area (Å²) in [6, 6.07) is 4.53. The molecule has 0 radical (unpaired) electrons. The highest BCUT2D eigenvalue weighted by atomic mass is 16.4. The molecule has 10 nitrogen and oxygen atoms in total. The number of carbonyl (C=O) groups is 4. The van der Waals surface area contributed by atoms with Crippen LogP contribution in [0, 0.1) is 0 Å². The van der Waals surface area contributed by atoms with E-state index in [9.17, 15) is 24.3 Å². The normalized spacial score (nSPS) is 22.1. The molecule has 4 rings (SSSR count). The maximum Gasteiger partial charge on any atom is 0.326 e. The molecule has 4 unspecified atom stereocenters. The molecule has 3 heterocycles. The molecule has 10 heteroatoms. The van der Waals surface area contributed by atoms with Gasteiger partial charge < -0.3 is 30.9 Å². The monoisotopic (exact) mass is 469 g/mol. The number of H-pyrrole nitrogens is 1. The van der Waals surface area contributed by atoms with Crippen molar-refractivity contribution in [2.75, 3.05) is 13.1 Å². The molecule has 2 saturated heterocycles. The average Bonchev–Trinajstić information content (AvgIpc) is 3.57. The highest BCUT2D eigenvalue weighted by Crippen LogP contribution is 2.23. The van der Waals surface area contributed by atoms with Crippen molar-refractivity contribution in [3.63, 3.8) is 0 Å². The predicted octanol–water partition coefficient (Wildman–Crippen LogP) is 0.609. The number of aromatic nitrogens is 1. The number of nitrogens with zero attached hydrogens (tertiary/aromatic N) is 2. The van der Waals surface area contributed by atoms with Crippen molar-refractivity contribution >= 4 is 34.6 Å². The Bertz CT molecular complexity index is 1100. The number of para-hydroxylation sites is 1. The van der Waals surface area contributed by atoms with E-state index in [-0.39, 0.29) is 5.91 Å². The second kappa shape index (κ2) is 9.84. The zero-order chi connectivity index (χ0) is 24.4. The Morgan fingerprint density at radius 1 is 1.09 bits per heavy atom. The van der Waals surface area contributed by atoms with E-state index in [4.69, 9.17) is 5.73 Å². The molecule has 1 aromatic heterocycles. The quantitative estimate of drug-likeness (QED) is 0.467. The van der Waals surface area contributed by atoms with Gasteiger partial charge in [-0.3, -0.25) is 14.4 Å². The standard InChI is InChI=1S/C24H31N5O5/c1-14(22(31)29-11-5-9-20(29)24(33)34)27-21(30)19-8-4-10-28(19)23(32)17(25)12-15-13-26-18-7-3-2-6-16(15)18/h2-3,6-7,13-14,17,19-20,26H,4-5,8-12,25H2,1H3,(H,27,30)(H,33,34). The van der Waals surface area contributed by atoms with E-state index in [0.717, 1.165) is 16.5 Å². The van der Waals surface area contributed by atoms with Crippen LogP contribution in [0.25, 0.3) is 10.9 Å². The summed E-state index contributed by atoms with van der Waals surface area (Å²) in [5, 5.41) is 13.0. The first-order chi connectivity index (χ1) is 16.3. The number of nitrogens with one attached hydrogen (secondary N) is 2. The first kappa shape index (κ1) is 23.7. The number of hydrogen-bond donors (Lipinski definition) is 4. The molecule has 2 aliphatic heterocycles. The second-order valence-electron chi connectivity index (χ2n) is 9.12. The molecule has 0 bridgehead atoms. The van der Waals surface area contributed by atoms with Gasteiger partial charge >= 0.3 is 5.97 Å². The van der Waals surface area contributed by atoms with E-state index in [1.165, 1.54) is 9.80 Å². The SMILES string of the molecule is CC(NC(=O)C1CCCN1C(=O)C(N)Cc1c[nH]c2ccccc12)C(=O)N1CCCC1C(=O)O. The minimum atomic E-state index is -1.04. The third kappa shape index (κ3) is 4.63. The Balaban J connectivity index is 1.38. The molecule has 0 saturated carbocycles. The van der Waals surface area contributed by atoms with Crippen LogP contribution < -0.4 is 11.1 Å². The first-order valence-corrected chi connectivity index (χ1v) is 11.7. The van der Waals surface area contributed by atoms with Crippen LogP contribution in [0.2, 0.25) is 0 Å². The highest BCUT2D eigenvalue weighted by molar-refractivity contribution is 5.94. The first-order valence-electron chi connectivity index (χ1n) is 11.7. The van der Waals surface area contributed by atoms with Crippen LogP contribution in [-0.4, -0.2) is 80.8 Å². The third-order valence-corrected chi connectivity index (χ3v) is 6.82. The molecule has 0 aliphatic carbocycles. The summed E-state index contributed by atoms with van der Waals surface area (Å²) in [6.45, 7) is 2.32. The van der Waals surface area contributed by atoms with Gasteiger partial charge in [-0.1, -0.05) is 18.2 Å². The molecular formula is C24H31N5O5. The minimum absolute atomic E-state index is 0.299. The molecule has 2 aliphatic rings. The highest BCUT2D eigenvalue weighted by Gasteiger charge is 2.39. The van der Waals surface area contributed by atoms with Gasteiger partial charge in [0, 0.05) is 30.2 Å². The van der Waals surface area contributed by atoms with Crippen molar-refractivity contribution in [3.8, 4) is 0 Å². The van der Waals surface area contributed by atoms with Crippen LogP contribution in [-0.2, 0) is 25.6 Å². The lowest BCUT2D eigenvalue weighted by Gasteiger charge is -2.29. The van der Waals surface area contributed by atoms with E-state index in [0.29, 0.717) is 45.2 Å². The van der Waals surface area contributed by atoms with Crippen molar-refractivity contribution < 1.29 is 24.3 Å². The lowest BCUT2D eigenvalue weighted by atomic mass is 10.0. The largest absolute Gasteiger partial charge is 0.480 e. The lowest BCUT2D eigenvalue weighted by molar-refractivity contribution is -0.149. The Kier molecular flexibility index (Phi) is 6.87. The van der Waals surface area contributed by atoms with E-state index in [1.807, 2.05) is 30.5 Å². The van der Waals surface area contributed by atoms with Crippen molar-refractivity contribution in [1.29, 1.82) is 0 Å². The second-order valence-corrected chi connectivity index (χ2v) is 9.12. The molecule has 0 spiro atoms. The Hall–Kier alpha value is -3.40. The fraction of sp³-hybridized carbons (Fsp3) is 0.500. The fourth-order valence-corrected chi connectivity index (χ4v) is 5.05. The average molecular weight is 470 g/mol. The van der Waals surface area contributed by atoms with Crippen LogP contribution in [0.1, 0.15) is 38.2 Å². The topological polar surface area (TPSA) is 149 Å². The van der Waals surface area contributed by atoms with Crippen LogP contribution in [0.4, 0.5) is 0 Å². The number of benzene rings is 1. The summed E-state index contributed by atoms with van der Waals surface area (Å²) in [6.07, 6.45) is 4.36. The maximum atomic E-state index is 13.1. The summed E-state index contributed by atoms with van der Waals surface area (Å²) >= 11 is 0. The van der Waals surface area contributed by atoms with Crippen molar-refractivity contribution in [3.05, 3.63) is 36.0 Å². The van der Waals surface area contributed by atoms with Gasteiger partial charge in [-0.25, -0.2) is 4.79 Å².